The Morgan fingerprint density at radius 1 is 1.31 bits per heavy atom. The number of hydrogen-bond donors (Lipinski definition) is 4. The summed E-state index contributed by atoms with van der Waals surface area (Å²) in [5.41, 5.74) is 0.419. The van der Waals surface area contributed by atoms with Gasteiger partial charge in [-0.1, -0.05) is 23.7 Å². The van der Waals surface area contributed by atoms with Crippen molar-refractivity contribution in [3.63, 3.8) is 0 Å². The molecule has 1 fully saturated rings. The first-order chi connectivity index (χ1) is 13.9. The summed E-state index contributed by atoms with van der Waals surface area (Å²) >= 11 is 6.28. The van der Waals surface area contributed by atoms with Crippen molar-refractivity contribution in [2.75, 3.05) is 17.7 Å². The van der Waals surface area contributed by atoms with Crippen LogP contribution >= 0.6 is 11.6 Å². The van der Waals surface area contributed by atoms with Gasteiger partial charge in [0.25, 0.3) is 0 Å². The minimum absolute atomic E-state index is 0.305. The highest BCUT2D eigenvalue weighted by Crippen LogP contribution is 2.49. The number of anilines is 2. The molecular weight excluding hydrogens is 394 g/mol. The predicted molar refractivity (Wildman–Crippen MR) is 110 cm³/mol. The molecule has 1 spiro atoms. The number of aliphatic hydroxyl groups excluding tert-OH is 1. The second-order valence-corrected chi connectivity index (χ2v) is 7.83. The maximum Gasteiger partial charge on any atom is 0.250 e. The van der Waals surface area contributed by atoms with Crippen LogP contribution in [0.4, 0.5) is 11.4 Å². The smallest absolute Gasteiger partial charge is 0.250 e. The van der Waals surface area contributed by atoms with E-state index in [1.807, 2.05) is 0 Å². The molecular formula is C21H22ClN3O4. The van der Waals surface area contributed by atoms with E-state index in [9.17, 15) is 14.7 Å². The number of carbonyl (C=O) groups is 2. The van der Waals surface area contributed by atoms with Gasteiger partial charge >= 0.3 is 0 Å². The Bertz CT molecular complexity index is 963. The number of halogens is 1. The van der Waals surface area contributed by atoms with Crippen LogP contribution < -0.4 is 20.7 Å². The summed E-state index contributed by atoms with van der Waals surface area (Å²) in [5.74, 6) is -0.716. The molecule has 0 bridgehead atoms. The Morgan fingerprint density at radius 2 is 2.03 bits per heavy atom. The van der Waals surface area contributed by atoms with Crippen molar-refractivity contribution in [3.05, 3.63) is 53.1 Å². The molecule has 0 aliphatic carbocycles. The standard InChI is InChI=1S/C21H22ClN3O4/c1-11(26)17-10-15(19(27)23-12-6-8-13(29-2)9-7-12)21(25-17)14-4-3-5-16(22)18(14)24-20(21)28/h3-9,11,15,17,25-26H,10H2,1-2H3,(H,23,27)(H,24,28)/t11-,15+,17+,21-/m0/s1. The first kappa shape index (κ1) is 19.7. The van der Waals surface area contributed by atoms with Gasteiger partial charge in [-0.2, -0.15) is 0 Å². The average Bonchev–Trinajstić information content (AvgIpc) is 3.24. The normalized spacial score (nSPS) is 26.1. The third-order valence-electron chi connectivity index (χ3n) is 5.72. The monoisotopic (exact) mass is 415 g/mol. The van der Waals surface area contributed by atoms with Gasteiger partial charge in [0.05, 0.1) is 29.8 Å². The van der Waals surface area contributed by atoms with Gasteiger partial charge in [0.15, 0.2) is 0 Å². The van der Waals surface area contributed by atoms with Crippen LogP contribution in [0.25, 0.3) is 0 Å². The summed E-state index contributed by atoms with van der Waals surface area (Å²) in [4.78, 5) is 26.4. The number of para-hydroxylation sites is 1. The molecule has 2 aliphatic heterocycles. The van der Waals surface area contributed by atoms with Crippen LogP contribution in [0.15, 0.2) is 42.5 Å². The summed E-state index contributed by atoms with van der Waals surface area (Å²) in [7, 11) is 1.57. The summed E-state index contributed by atoms with van der Waals surface area (Å²) in [6, 6.07) is 11.8. The zero-order valence-corrected chi connectivity index (χ0v) is 16.8. The number of nitrogens with one attached hydrogen (secondary N) is 3. The number of benzene rings is 2. The molecule has 0 saturated carbocycles. The van der Waals surface area contributed by atoms with Gasteiger partial charge in [-0.25, -0.2) is 0 Å². The van der Waals surface area contributed by atoms with Gasteiger partial charge in [0, 0.05) is 17.3 Å². The minimum Gasteiger partial charge on any atom is -0.497 e. The van der Waals surface area contributed by atoms with E-state index in [0.717, 1.165) is 0 Å². The molecule has 0 unspecified atom stereocenters. The molecule has 4 rings (SSSR count). The topological polar surface area (TPSA) is 99.7 Å². The lowest BCUT2D eigenvalue weighted by molar-refractivity contribution is -0.130. The van der Waals surface area contributed by atoms with Gasteiger partial charge < -0.3 is 20.5 Å². The van der Waals surface area contributed by atoms with E-state index in [2.05, 4.69) is 16.0 Å². The van der Waals surface area contributed by atoms with Gasteiger partial charge in [-0.05, 0) is 43.7 Å². The number of methoxy groups -OCH3 is 1. The van der Waals surface area contributed by atoms with Crippen LogP contribution in [-0.2, 0) is 15.1 Å². The van der Waals surface area contributed by atoms with Crippen LogP contribution in [0.3, 0.4) is 0 Å². The highest BCUT2D eigenvalue weighted by Gasteiger charge is 2.61. The van der Waals surface area contributed by atoms with E-state index in [-0.39, 0.29) is 11.8 Å². The zero-order valence-electron chi connectivity index (χ0n) is 16.0. The third kappa shape index (κ3) is 3.15. The van der Waals surface area contributed by atoms with Crippen molar-refractivity contribution in [1.29, 1.82) is 0 Å². The number of fused-ring (bicyclic) bond motifs is 2. The maximum absolute atomic E-state index is 13.3. The van der Waals surface area contributed by atoms with E-state index >= 15 is 0 Å². The lowest BCUT2D eigenvalue weighted by atomic mass is 9.79. The Hall–Kier alpha value is -2.61. The molecule has 1 saturated heterocycles. The maximum atomic E-state index is 13.3. The number of rotatable bonds is 4. The van der Waals surface area contributed by atoms with Gasteiger partial charge in [0.1, 0.15) is 11.3 Å². The minimum atomic E-state index is -1.29. The molecule has 4 atom stereocenters. The Labute approximate surface area is 173 Å². The lowest BCUT2D eigenvalue weighted by Gasteiger charge is -2.29. The fraction of sp³-hybridized carbons (Fsp3) is 0.333. The Morgan fingerprint density at radius 3 is 2.69 bits per heavy atom. The van der Waals surface area contributed by atoms with E-state index in [1.54, 1.807) is 56.5 Å². The van der Waals surface area contributed by atoms with Crippen molar-refractivity contribution < 1.29 is 19.4 Å². The third-order valence-corrected chi connectivity index (χ3v) is 6.03. The highest BCUT2D eigenvalue weighted by atomic mass is 35.5. The van der Waals surface area contributed by atoms with Gasteiger partial charge in [0.2, 0.25) is 11.8 Å². The van der Waals surface area contributed by atoms with Crippen molar-refractivity contribution in [2.45, 2.75) is 31.0 Å². The van der Waals surface area contributed by atoms with Gasteiger partial charge in [-0.3, -0.25) is 14.9 Å². The number of amides is 2. The largest absolute Gasteiger partial charge is 0.497 e. The van der Waals surface area contributed by atoms with Crippen LogP contribution in [0.2, 0.25) is 5.02 Å². The van der Waals surface area contributed by atoms with Gasteiger partial charge in [-0.15, -0.1) is 0 Å². The first-order valence-electron chi connectivity index (χ1n) is 9.38. The molecule has 0 radical (unpaired) electrons. The Kier molecular flexibility index (Phi) is 4.98. The molecule has 7 nitrogen and oxygen atoms in total. The summed E-state index contributed by atoms with van der Waals surface area (Å²) in [5, 5.41) is 19.5. The SMILES string of the molecule is COc1ccc(NC(=O)[C@H]2C[C@H]([C@H](C)O)N[C@]23C(=O)Nc2c(Cl)cccc23)cc1. The van der Waals surface area contributed by atoms with Crippen LogP contribution in [0.5, 0.6) is 5.75 Å². The van der Waals surface area contributed by atoms with Crippen LogP contribution in [0, 0.1) is 5.92 Å². The summed E-state index contributed by atoms with van der Waals surface area (Å²) < 4.78 is 5.14. The molecule has 8 heteroatoms. The quantitative estimate of drug-likeness (QED) is 0.614. The molecule has 4 N–H and O–H groups in total. The molecule has 2 aromatic rings. The molecule has 0 aromatic heterocycles. The molecule has 152 valence electrons. The van der Waals surface area contributed by atoms with E-state index < -0.39 is 23.6 Å². The number of hydrogen-bond acceptors (Lipinski definition) is 5. The zero-order chi connectivity index (χ0) is 20.8. The average molecular weight is 416 g/mol. The summed E-state index contributed by atoms with van der Waals surface area (Å²) in [6.07, 6.45) is -0.430. The van der Waals surface area contributed by atoms with E-state index in [4.69, 9.17) is 16.3 Å². The van der Waals surface area contributed by atoms with E-state index in [1.165, 1.54) is 0 Å². The van der Waals surface area contributed by atoms with Crippen LogP contribution in [0.1, 0.15) is 18.9 Å². The fourth-order valence-electron chi connectivity index (χ4n) is 4.21. The second-order valence-electron chi connectivity index (χ2n) is 7.42. The lowest BCUT2D eigenvalue weighted by Crippen LogP contribution is -2.53. The van der Waals surface area contributed by atoms with Crippen molar-refractivity contribution in [2.24, 2.45) is 5.92 Å². The van der Waals surface area contributed by atoms with Crippen molar-refractivity contribution >= 4 is 34.8 Å². The Balaban J connectivity index is 1.71. The van der Waals surface area contributed by atoms with Crippen LogP contribution in [-0.4, -0.2) is 36.2 Å². The number of aliphatic hydroxyl groups is 1. The first-order valence-corrected chi connectivity index (χ1v) is 9.75. The van der Waals surface area contributed by atoms with E-state index in [0.29, 0.717) is 34.1 Å². The predicted octanol–water partition coefficient (Wildman–Crippen LogP) is 2.49. The van der Waals surface area contributed by atoms with Crippen molar-refractivity contribution in [1.82, 2.24) is 5.32 Å². The molecule has 2 aliphatic rings. The fourth-order valence-corrected chi connectivity index (χ4v) is 4.43. The molecule has 2 amide bonds. The number of ether oxygens (including phenoxy) is 1. The summed E-state index contributed by atoms with van der Waals surface area (Å²) in [6.45, 7) is 1.64. The second kappa shape index (κ2) is 7.33. The van der Waals surface area contributed by atoms with Crippen molar-refractivity contribution in [3.8, 4) is 5.75 Å². The number of carbonyl (C=O) groups excluding carboxylic acids is 2. The highest BCUT2D eigenvalue weighted by molar-refractivity contribution is 6.35. The molecule has 2 aromatic carbocycles. The molecule has 2 heterocycles. The molecule has 29 heavy (non-hydrogen) atoms.